The topological polar surface area (TPSA) is 152 Å². The summed E-state index contributed by atoms with van der Waals surface area (Å²) in [4.78, 5) is 25.2. The first-order valence-corrected chi connectivity index (χ1v) is 21.2. The Morgan fingerprint density at radius 2 is 1.06 bits per heavy atom. The first-order valence-electron chi connectivity index (χ1n) is 19.7. The maximum atomic E-state index is 12.7. The molecule has 0 aromatic carbocycles. The van der Waals surface area contributed by atoms with Crippen molar-refractivity contribution in [2.45, 2.75) is 204 Å². The molecule has 290 valence electrons. The second-order valence-corrected chi connectivity index (χ2v) is 14.9. The predicted octanol–water partition coefficient (Wildman–Crippen LogP) is 7.47. The molecule has 1 heterocycles. The molecule has 0 saturated carbocycles. The second kappa shape index (κ2) is 32.1. The summed E-state index contributed by atoms with van der Waals surface area (Å²) in [5, 5.41) is 39.9. The highest BCUT2D eigenvalue weighted by Crippen LogP contribution is 2.22. The lowest BCUT2D eigenvalue weighted by Crippen LogP contribution is -2.59. The van der Waals surface area contributed by atoms with Gasteiger partial charge in [-0.05, 0) is 23.7 Å². The molecule has 4 N–H and O–H groups in total. The zero-order valence-corrected chi connectivity index (χ0v) is 32.7. The molecule has 1 aliphatic heterocycles. The lowest BCUT2D eigenvalue weighted by atomic mass is 9.99. The molecule has 0 aliphatic carbocycles. The normalized spacial score (nSPS) is 21.5. The van der Waals surface area contributed by atoms with E-state index in [1.165, 1.54) is 107 Å². The van der Waals surface area contributed by atoms with Gasteiger partial charge in [-0.2, -0.15) is 0 Å². The van der Waals surface area contributed by atoms with Gasteiger partial charge in [-0.3, -0.25) is 9.59 Å². The number of hydrogen-bond donors (Lipinski definition) is 4. The molecule has 11 heteroatoms. The Balaban J connectivity index is 2.37. The number of aliphatic hydroxyl groups is 4. The Hall–Kier alpha value is -0.570. The number of rotatable bonds is 33. The van der Waals surface area contributed by atoms with E-state index >= 15 is 0 Å². The van der Waals surface area contributed by atoms with Crippen LogP contribution in [0.2, 0.25) is 0 Å². The van der Waals surface area contributed by atoms with Gasteiger partial charge in [-0.25, -0.2) is 0 Å². The minimum Gasteiger partial charge on any atom is -0.462 e. The molecular formula is C38H71IO10. The number of aliphatic hydroxyl groups excluding tert-OH is 4. The minimum absolute atomic E-state index is 0.210. The van der Waals surface area contributed by atoms with Crippen LogP contribution in [-0.2, 0) is 28.5 Å². The summed E-state index contributed by atoms with van der Waals surface area (Å²) in [7, 11) is 0. The summed E-state index contributed by atoms with van der Waals surface area (Å²) in [5.41, 5.74) is 0. The quantitative estimate of drug-likeness (QED) is 0.0227. The standard InChI is InChI=1S/C38H71IO10/c1-2-3-4-5-6-7-8-9-10-13-16-19-22-25-33(41)46-29-31(30-47-38-37(45)36(44)35(43)32(28-40)49-38)48-34(42)26-23-20-17-14-11-12-15-18-21-24-27-39/h31-32,35-38,40,43-45H,2-30H2,1H3. The Morgan fingerprint density at radius 3 is 1.53 bits per heavy atom. The summed E-state index contributed by atoms with van der Waals surface area (Å²) >= 11 is 2.43. The summed E-state index contributed by atoms with van der Waals surface area (Å²) in [6.45, 7) is 1.18. The largest absolute Gasteiger partial charge is 0.462 e. The van der Waals surface area contributed by atoms with Crippen molar-refractivity contribution in [3.05, 3.63) is 0 Å². The molecular weight excluding hydrogens is 743 g/mol. The molecule has 6 unspecified atom stereocenters. The van der Waals surface area contributed by atoms with Crippen LogP contribution in [0.5, 0.6) is 0 Å². The van der Waals surface area contributed by atoms with Crippen LogP contribution in [0.3, 0.4) is 0 Å². The molecule has 0 amide bonds. The second-order valence-electron chi connectivity index (χ2n) is 13.8. The van der Waals surface area contributed by atoms with E-state index in [-0.39, 0.29) is 32.0 Å². The number of unbranched alkanes of at least 4 members (excludes halogenated alkanes) is 21. The predicted molar refractivity (Wildman–Crippen MR) is 201 cm³/mol. The molecule has 0 aromatic heterocycles. The van der Waals surface area contributed by atoms with Gasteiger partial charge in [-0.15, -0.1) is 0 Å². The Morgan fingerprint density at radius 1 is 0.612 bits per heavy atom. The molecule has 0 bridgehead atoms. The van der Waals surface area contributed by atoms with E-state index in [4.69, 9.17) is 18.9 Å². The molecule has 0 radical (unpaired) electrons. The van der Waals surface area contributed by atoms with Gasteiger partial charge in [0.2, 0.25) is 0 Å². The highest BCUT2D eigenvalue weighted by molar-refractivity contribution is 14.1. The van der Waals surface area contributed by atoms with Crippen LogP contribution in [0.1, 0.15) is 167 Å². The fraction of sp³-hybridized carbons (Fsp3) is 0.947. The summed E-state index contributed by atoms with van der Waals surface area (Å²) in [6.07, 6.45) is 19.8. The van der Waals surface area contributed by atoms with E-state index in [0.717, 1.165) is 38.5 Å². The van der Waals surface area contributed by atoms with Crippen molar-refractivity contribution >= 4 is 34.5 Å². The van der Waals surface area contributed by atoms with Crippen LogP contribution in [0.4, 0.5) is 0 Å². The fourth-order valence-electron chi connectivity index (χ4n) is 6.09. The fourth-order valence-corrected chi connectivity index (χ4v) is 6.63. The third-order valence-electron chi connectivity index (χ3n) is 9.27. The van der Waals surface area contributed by atoms with Crippen LogP contribution in [0.15, 0.2) is 0 Å². The van der Waals surface area contributed by atoms with Crippen LogP contribution >= 0.6 is 22.6 Å². The van der Waals surface area contributed by atoms with E-state index in [1.54, 1.807) is 0 Å². The Labute approximate surface area is 310 Å². The summed E-state index contributed by atoms with van der Waals surface area (Å²) in [5.74, 6) is -0.799. The highest BCUT2D eigenvalue weighted by atomic mass is 127. The highest BCUT2D eigenvalue weighted by Gasteiger charge is 2.44. The maximum Gasteiger partial charge on any atom is 0.306 e. The van der Waals surface area contributed by atoms with Crippen LogP contribution in [-0.4, -0.2) is 93.4 Å². The molecule has 49 heavy (non-hydrogen) atoms. The minimum atomic E-state index is -1.59. The zero-order valence-electron chi connectivity index (χ0n) is 30.6. The molecule has 6 atom stereocenters. The molecule has 1 saturated heterocycles. The van der Waals surface area contributed by atoms with E-state index in [0.29, 0.717) is 6.42 Å². The van der Waals surface area contributed by atoms with Crippen molar-refractivity contribution in [1.29, 1.82) is 0 Å². The van der Waals surface area contributed by atoms with Gasteiger partial charge in [-0.1, -0.05) is 158 Å². The van der Waals surface area contributed by atoms with E-state index in [9.17, 15) is 30.0 Å². The number of ether oxygens (including phenoxy) is 4. The molecule has 10 nitrogen and oxygen atoms in total. The monoisotopic (exact) mass is 814 g/mol. The SMILES string of the molecule is CCCCCCCCCCCCCCCC(=O)OCC(COC1OC(CO)C(O)C(O)C1O)OC(=O)CCCCCCCCCCCCI. The van der Waals surface area contributed by atoms with Crippen molar-refractivity contribution in [3.63, 3.8) is 0 Å². The number of carbonyl (C=O) groups is 2. The van der Waals surface area contributed by atoms with Gasteiger partial charge >= 0.3 is 11.9 Å². The average molecular weight is 815 g/mol. The first-order chi connectivity index (χ1) is 23.8. The molecule has 1 aliphatic rings. The van der Waals surface area contributed by atoms with Crippen molar-refractivity contribution in [3.8, 4) is 0 Å². The van der Waals surface area contributed by atoms with Crippen molar-refractivity contribution in [1.82, 2.24) is 0 Å². The van der Waals surface area contributed by atoms with Gasteiger partial charge in [0, 0.05) is 12.8 Å². The Bertz CT molecular complexity index is 786. The number of esters is 2. The summed E-state index contributed by atoms with van der Waals surface area (Å²) < 4.78 is 23.3. The van der Waals surface area contributed by atoms with Crippen molar-refractivity contribution in [2.75, 3.05) is 24.2 Å². The summed E-state index contributed by atoms with van der Waals surface area (Å²) in [6, 6.07) is 0. The van der Waals surface area contributed by atoms with Gasteiger partial charge in [0.1, 0.15) is 31.0 Å². The van der Waals surface area contributed by atoms with Crippen LogP contribution < -0.4 is 0 Å². The number of carbonyl (C=O) groups excluding carboxylic acids is 2. The number of alkyl halides is 1. The van der Waals surface area contributed by atoms with Gasteiger partial charge in [0.15, 0.2) is 12.4 Å². The van der Waals surface area contributed by atoms with Crippen molar-refractivity contribution < 1.29 is 49.0 Å². The smallest absolute Gasteiger partial charge is 0.306 e. The Kier molecular flexibility index (Phi) is 30.4. The third kappa shape index (κ3) is 24.3. The van der Waals surface area contributed by atoms with E-state index < -0.39 is 49.4 Å². The molecule has 1 rings (SSSR count). The van der Waals surface area contributed by atoms with E-state index in [1.807, 2.05) is 0 Å². The van der Waals surface area contributed by atoms with Crippen LogP contribution in [0.25, 0.3) is 0 Å². The third-order valence-corrected chi connectivity index (χ3v) is 10.0. The number of halogens is 1. The molecule has 0 spiro atoms. The first kappa shape index (κ1) is 46.5. The molecule has 1 fully saturated rings. The lowest BCUT2D eigenvalue weighted by molar-refractivity contribution is -0.305. The van der Waals surface area contributed by atoms with Crippen LogP contribution in [0, 0.1) is 0 Å². The van der Waals surface area contributed by atoms with Crippen molar-refractivity contribution in [2.24, 2.45) is 0 Å². The number of hydrogen-bond acceptors (Lipinski definition) is 10. The maximum absolute atomic E-state index is 12.7. The average Bonchev–Trinajstić information content (AvgIpc) is 3.10. The zero-order chi connectivity index (χ0) is 36.0. The molecule has 0 aromatic rings. The lowest BCUT2D eigenvalue weighted by Gasteiger charge is -2.39. The van der Waals surface area contributed by atoms with Gasteiger partial charge < -0.3 is 39.4 Å². The van der Waals surface area contributed by atoms with E-state index in [2.05, 4.69) is 29.5 Å². The van der Waals surface area contributed by atoms with Gasteiger partial charge in [0.25, 0.3) is 0 Å². The van der Waals surface area contributed by atoms with Gasteiger partial charge in [0.05, 0.1) is 13.2 Å².